The minimum Gasteiger partial charge on any atom is -0.130 e. The zero-order chi connectivity index (χ0) is 12.8. The summed E-state index contributed by atoms with van der Waals surface area (Å²) in [5.74, 6) is 1.52. The molecular formula is C15H20S2. The molecule has 0 fully saturated rings. The average molecular weight is 264 g/mol. The first kappa shape index (κ1) is 14.5. The average Bonchev–Trinajstić information content (AvgIpc) is 2.35. The number of thiocarbonyl (C=S) groups is 1. The van der Waals surface area contributed by atoms with Crippen LogP contribution in [0.2, 0.25) is 0 Å². The Hall–Kier alpha value is -0.600. The predicted octanol–water partition coefficient (Wildman–Crippen LogP) is 5.21. The highest BCUT2D eigenvalue weighted by Crippen LogP contribution is 2.35. The number of allylic oxidation sites excluding steroid dienone is 2. The van der Waals surface area contributed by atoms with Gasteiger partial charge in [-0.3, -0.25) is 0 Å². The van der Waals surface area contributed by atoms with Gasteiger partial charge in [-0.15, -0.1) is 11.8 Å². The molecular weight excluding hydrogens is 244 g/mol. The maximum absolute atomic E-state index is 5.31. The molecule has 0 aliphatic carbocycles. The van der Waals surface area contributed by atoms with E-state index in [0.717, 1.165) is 10.6 Å². The van der Waals surface area contributed by atoms with E-state index < -0.39 is 0 Å². The maximum Gasteiger partial charge on any atom is 0.0158 e. The van der Waals surface area contributed by atoms with Crippen molar-refractivity contribution < 1.29 is 0 Å². The lowest BCUT2D eigenvalue weighted by Crippen LogP contribution is -2.02. The Balaban J connectivity index is 3.08. The van der Waals surface area contributed by atoms with Crippen LogP contribution in [0.25, 0.3) is 0 Å². The summed E-state index contributed by atoms with van der Waals surface area (Å²) < 4.78 is 0. The Kier molecular flexibility index (Phi) is 5.93. The normalized spacial score (nSPS) is 14.1. The molecule has 0 saturated heterocycles. The van der Waals surface area contributed by atoms with Crippen molar-refractivity contribution in [2.75, 3.05) is 5.75 Å². The molecule has 0 N–H and O–H groups in total. The van der Waals surface area contributed by atoms with Crippen LogP contribution in [0.5, 0.6) is 0 Å². The molecule has 0 aliphatic heterocycles. The van der Waals surface area contributed by atoms with Crippen LogP contribution in [0.4, 0.5) is 0 Å². The molecule has 17 heavy (non-hydrogen) atoms. The summed E-state index contributed by atoms with van der Waals surface area (Å²) in [6.07, 6.45) is 0. The smallest absolute Gasteiger partial charge is 0.0158 e. The molecule has 92 valence electrons. The van der Waals surface area contributed by atoms with Crippen molar-refractivity contribution in [3.05, 3.63) is 46.4 Å². The van der Waals surface area contributed by atoms with Gasteiger partial charge in [0.05, 0.1) is 0 Å². The van der Waals surface area contributed by atoms with Crippen LogP contribution in [0.15, 0.2) is 40.8 Å². The number of hydrogen-bond acceptors (Lipinski definition) is 2. The number of thioether (sulfide) groups is 1. The lowest BCUT2D eigenvalue weighted by atomic mass is 9.97. The Labute approximate surface area is 115 Å². The molecule has 0 bridgehead atoms. The topological polar surface area (TPSA) is 0 Å². The second-order valence-corrected chi connectivity index (χ2v) is 6.03. The van der Waals surface area contributed by atoms with E-state index in [2.05, 4.69) is 51.1 Å². The molecule has 0 amide bonds. The zero-order valence-electron chi connectivity index (χ0n) is 11.0. The highest BCUT2D eigenvalue weighted by molar-refractivity contribution is 8.03. The van der Waals surface area contributed by atoms with E-state index in [9.17, 15) is 0 Å². The number of rotatable bonds is 5. The molecule has 0 nitrogen and oxygen atoms in total. The molecule has 0 spiro atoms. The molecule has 0 radical (unpaired) electrons. The lowest BCUT2D eigenvalue weighted by molar-refractivity contribution is 0.943. The monoisotopic (exact) mass is 264 g/mol. The van der Waals surface area contributed by atoms with E-state index in [4.69, 9.17) is 12.2 Å². The lowest BCUT2D eigenvalue weighted by Gasteiger charge is -2.18. The second kappa shape index (κ2) is 6.97. The van der Waals surface area contributed by atoms with E-state index in [1.165, 1.54) is 16.0 Å². The van der Waals surface area contributed by atoms with Crippen LogP contribution in [-0.2, 0) is 0 Å². The summed E-state index contributed by atoms with van der Waals surface area (Å²) in [6, 6.07) is 10.6. The van der Waals surface area contributed by atoms with Gasteiger partial charge < -0.3 is 0 Å². The minimum atomic E-state index is 0.430. The minimum absolute atomic E-state index is 0.430. The fourth-order valence-corrected chi connectivity index (χ4v) is 3.02. The molecule has 0 aliphatic rings. The van der Waals surface area contributed by atoms with Crippen LogP contribution < -0.4 is 0 Å². The van der Waals surface area contributed by atoms with Crippen molar-refractivity contribution >= 4 is 28.8 Å². The Morgan fingerprint density at radius 1 is 1.24 bits per heavy atom. The summed E-state index contributed by atoms with van der Waals surface area (Å²) in [4.78, 5) is 2.41. The maximum atomic E-state index is 5.31. The van der Waals surface area contributed by atoms with Crippen LogP contribution in [0, 0.1) is 0 Å². The van der Waals surface area contributed by atoms with Gasteiger partial charge in [0, 0.05) is 10.8 Å². The van der Waals surface area contributed by atoms with Crippen LogP contribution in [0.1, 0.15) is 39.2 Å². The van der Waals surface area contributed by atoms with Gasteiger partial charge in [-0.05, 0) is 35.6 Å². The first-order valence-electron chi connectivity index (χ1n) is 5.97. The number of hydrogen-bond donors (Lipinski definition) is 0. The highest BCUT2D eigenvalue weighted by Gasteiger charge is 2.14. The van der Waals surface area contributed by atoms with Gasteiger partial charge in [0.1, 0.15) is 0 Å². The molecule has 1 unspecified atom stereocenters. The van der Waals surface area contributed by atoms with E-state index in [1.807, 2.05) is 18.7 Å². The molecule has 0 aromatic heterocycles. The van der Waals surface area contributed by atoms with Gasteiger partial charge >= 0.3 is 0 Å². The van der Waals surface area contributed by atoms with Gasteiger partial charge in [0.25, 0.3) is 0 Å². The fourth-order valence-electron chi connectivity index (χ4n) is 1.78. The summed E-state index contributed by atoms with van der Waals surface area (Å²) in [6.45, 7) is 8.60. The highest BCUT2D eigenvalue weighted by atomic mass is 32.2. The molecule has 1 rings (SSSR count). The third kappa shape index (κ3) is 3.97. The van der Waals surface area contributed by atoms with Crippen molar-refractivity contribution in [1.29, 1.82) is 0 Å². The first-order valence-corrected chi connectivity index (χ1v) is 7.36. The van der Waals surface area contributed by atoms with Crippen molar-refractivity contribution in [2.24, 2.45) is 0 Å². The van der Waals surface area contributed by atoms with E-state index >= 15 is 0 Å². The predicted molar refractivity (Wildman–Crippen MR) is 84.0 cm³/mol. The van der Waals surface area contributed by atoms with Crippen LogP contribution >= 0.6 is 24.0 Å². The quantitative estimate of drug-likeness (QED) is 0.529. The second-order valence-electron chi connectivity index (χ2n) is 4.11. The molecule has 2 heteroatoms. The summed E-state index contributed by atoms with van der Waals surface area (Å²) in [5, 5.41) is 0. The fraction of sp³-hybridized carbons (Fsp3) is 0.400. The standard InChI is InChI=1S/C15H20S2/c1-5-17-15(11(2)13(4)16)12(3)14-9-7-6-8-10-14/h6-10,12H,5H2,1-4H3/b15-11-. The van der Waals surface area contributed by atoms with E-state index in [-0.39, 0.29) is 0 Å². The van der Waals surface area contributed by atoms with Gasteiger partial charge in [-0.1, -0.05) is 56.4 Å². The molecule has 1 aromatic rings. The summed E-state index contributed by atoms with van der Waals surface area (Å²) >= 11 is 7.21. The summed E-state index contributed by atoms with van der Waals surface area (Å²) in [7, 11) is 0. The van der Waals surface area contributed by atoms with Crippen molar-refractivity contribution in [3.63, 3.8) is 0 Å². The largest absolute Gasteiger partial charge is 0.130 e. The van der Waals surface area contributed by atoms with Gasteiger partial charge in [0.15, 0.2) is 0 Å². The Morgan fingerprint density at radius 3 is 2.29 bits per heavy atom. The Bertz CT molecular complexity index is 404. The summed E-state index contributed by atoms with van der Waals surface area (Å²) in [5.41, 5.74) is 2.63. The molecule has 0 saturated carbocycles. The van der Waals surface area contributed by atoms with Gasteiger partial charge in [-0.2, -0.15) is 0 Å². The van der Waals surface area contributed by atoms with Gasteiger partial charge in [-0.25, -0.2) is 0 Å². The zero-order valence-corrected chi connectivity index (χ0v) is 12.6. The number of benzene rings is 1. The SMILES string of the molecule is CCS/C(=C(/C)C(C)=S)C(C)c1ccccc1. The van der Waals surface area contributed by atoms with Crippen LogP contribution in [0.3, 0.4) is 0 Å². The van der Waals surface area contributed by atoms with E-state index in [0.29, 0.717) is 5.92 Å². The molecule has 0 heterocycles. The van der Waals surface area contributed by atoms with Gasteiger partial charge in [0.2, 0.25) is 0 Å². The Morgan fingerprint density at radius 2 is 1.82 bits per heavy atom. The van der Waals surface area contributed by atoms with Crippen LogP contribution in [-0.4, -0.2) is 10.6 Å². The van der Waals surface area contributed by atoms with Crippen molar-refractivity contribution in [3.8, 4) is 0 Å². The van der Waals surface area contributed by atoms with Crippen molar-refractivity contribution in [2.45, 2.75) is 33.6 Å². The molecule has 1 atom stereocenters. The third-order valence-electron chi connectivity index (χ3n) is 2.89. The van der Waals surface area contributed by atoms with Crippen molar-refractivity contribution in [1.82, 2.24) is 0 Å². The third-order valence-corrected chi connectivity index (χ3v) is 4.46. The molecule has 1 aromatic carbocycles. The van der Waals surface area contributed by atoms with E-state index in [1.54, 1.807) is 0 Å². The first-order chi connectivity index (χ1) is 8.07.